The summed E-state index contributed by atoms with van der Waals surface area (Å²) < 4.78 is 0. The van der Waals surface area contributed by atoms with Gasteiger partial charge in [-0.25, -0.2) is 0 Å². The van der Waals surface area contributed by atoms with Crippen LogP contribution < -0.4 is 0 Å². The third kappa shape index (κ3) is 2.98. The van der Waals surface area contributed by atoms with Gasteiger partial charge in [-0.15, -0.1) is 0 Å². The van der Waals surface area contributed by atoms with Crippen LogP contribution in [0.5, 0.6) is 0 Å². The second-order valence-corrected chi connectivity index (χ2v) is 4.36. The lowest BCUT2D eigenvalue weighted by Crippen LogP contribution is -2.24. The van der Waals surface area contributed by atoms with E-state index in [1.54, 1.807) is 17.0 Å². The van der Waals surface area contributed by atoms with Crippen molar-refractivity contribution in [3.05, 3.63) is 35.4 Å². The smallest absolute Gasteiger partial charge is 0.223 e. The van der Waals surface area contributed by atoms with Crippen LogP contribution in [0.3, 0.4) is 0 Å². The van der Waals surface area contributed by atoms with Crippen molar-refractivity contribution in [1.82, 2.24) is 4.90 Å². The van der Waals surface area contributed by atoms with E-state index in [-0.39, 0.29) is 11.7 Å². The minimum Gasteiger partial charge on any atom is -0.332 e. The van der Waals surface area contributed by atoms with Crippen LogP contribution in [0.25, 0.3) is 0 Å². The van der Waals surface area contributed by atoms with E-state index in [0.717, 1.165) is 18.5 Å². The van der Waals surface area contributed by atoms with E-state index in [2.05, 4.69) is 11.8 Å². The highest BCUT2D eigenvalue weighted by Crippen LogP contribution is 2.08. The van der Waals surface area contributed by atoms with Gasteiger partial charge in [0.25, 0.3) is 0 Å². The molecule has 1 aliphatic rings. The Kier molecular flexibility index (Phi) is 3.78. The molecule has 0 spiro atoms. The van der Waals surface area contributed by atoms with Crippen molar-refractivity contribution in [3.8, 4) is 11.8 Å². The molecule has 3 nitrogen and oxygen atoms in total. The third-order valence-corrected chi connectivity index (χ3v) is 2.94. The summed E-state index contributed by atoms with van der Waals surface area (Å²) in [7, 11) is 0. The van der Waals surface area contributed by atoms with Crippen molar-refractivity contribution < 1.29 is 9.59 Å². The van der Waals surface area contributed by atoms with Gasteiger partial charge in [-0.3, -0.25) is 9.59 Å². The molecule has 0 unspecified atom stereocenters. The second-order valence-electron chi connectivity index (χ2n) is 4.36. The van der Waals surface area contributed by atoms with Gasteiger partial charge in [-0.05, 0) is 25.5 Å². The van der Waals surface area contributed by atoms with Crippen LogP contribution in [-0.4, -0.2) is 29.7 Å². The van der Waals surface area contributed by atoms with Crippen molar-refractivity contribution in [1.29, 1.82) is 0 Å². The van der Waals surface area contributed by atoms with E-state index >= 15 is 0 Å². The van der Waals surface area contributed by atoms with Gasteiger partial charge >= 0.3 is 0 Å². The van der Waals surface area contributed by atoms with Crippen molar-refractivity contribution in [2.45, 2.75) is 19.8 Å². The van der Waals surface area contributed by atoms with E-state index < -0.39 is 0 Å². The van der Waals surface area contributed by atoms with E-state index in [0.29, 0.717) is 18.5 Å². The summed E-state index contributed by atoms with van der Waals surface area (Å²) in [5, 5.41) is 0. The molecule has 18 heavy (non-hydrogen) atoms. The highest BCUT2D eigenvalue weighted by Gasteiger charge is 2.18. The summed E-state index contributed by atoms with van der Waals surface area (Å²) in [6.45, 7) is 2.82. The lowest BCUT2D eigenvalue weighted by Gasteiger charge is -2.09. The monoisotopic (exact) mass is 241 g/mol. The number of hydrogen-bond donors (Lipinski definition) is 0. The first-order valence-corrected chi connectivity index (χ1v) is 6.04. The third-order valence-electron chi connectivity index (χ3n) is 2.94. The first-order valence-electron chi connectivity index (χ1n) is 6.04. The zero-order valence-electron chi connectivity index (χ0n) is 10.4. The van der Waals surface area contributed by atoms with Gasteiger partial charge < -0.3 is 4.90 Å². The average Bonchev–Trinajstić information content (AvgIpc) is 2.76. The standard InChI is InChI=1S/C15H15NO2/c1-12(17)14-7-2-5-13(11-14)6-3-9-16-10-4-8-15(16)18/h2,5,7,11H,4,8-10H2,1H3. The number of likely N-dealkylation sites (tertiary alicyclic amines) is 1. The molecule has 0 N–H and O–H groups in total. The van der Waals surface area contributed by atoms with Crippen molar-refractivity contribution in [2.24, 2.45) is 0 Å². The fourth-order valence-electron chi connectivity index (χ4n) is 1.92. The molecule has 2 rings (SSSR count). The molecule has 3 heteroatoms. The lowest BCUT2D eigenvalue weighted by atomic mass is 10.1. The van der Waals surface area contributed by atoms with Gasteiger partial charge in [0.05, 0.1) is 6.54 Å². The lowest BCUT2D eigenvalue weighted by molar-refractivity contribution is -0.127. The molecular weight excluding hydrogens is 226 g/mol. The van der Waals surface area contributed by atoms with E-state index in [4.69, 9.17) is 0 Å². The van der Waals surface area contributed by atoms with Gasteiger partial charge in [0.1, 0.15) is 0 Å². The maximum atomic E-state index is 11.4. The molecule has 1 fully saturated rings. The topological polar surface area (TPSA) is 37.4 Å². The number of Topliss-reactive ketones (excluding diaryl/α,β-unsaturated/α-hetero) is 1. The van der Waals surface area contributed by atoms with Crippen LogP contribution in [0.1, 0.15) is 35.7 Å². The van der Waals surface area contributed by atoms with Crippen LogP contribution in [-0.2, 0) is 4.79 Å². The highest BCUT2D eigenvalue weighted by molar-refractivity contribution is 5.94. The molecule has 1 heterocycles. The van der Waals surface area contributed by atoms with E-state index in [1.165, 1.54) is 6.92 Å². The number of carbonyl (C=O) groups excluding carboxylic acids is 2. The van der Waals surface area contributed by atoms with Crippen LogP contribution >= 0.6 is 0 Å². The Balaban J connectivity index is 2.03. The highest BCUT2D eigenvalue weighted by atomic mass is 16.2. The largest absolute Gasteiger partial charge is 0.332 e. The molecular formula is C15H15NO2. The Morgan fingerprint density at radius 2 is 2.28 bits per heavy atom. The fourth-order valence-corrected chi connectivity index (χ4v) is 1.92. The quantitative estimate of drug-likeness (QED) is 0.585. The summed E-state index contributed by atoms with van der Waals surface area (Å²) >= 11 is 0. The zero-order chi connectivity index (χ0) is 13.0. The van der Waals surface area contributed by atoms with Crippen LogP contribution in [0, 0.1) is 11.8 Å². The molecule has 1 aromatic carbocycles. The van der Waals surface area contributed by atoms with Crippen molar-refractivity contribution in [3.63, 3.8) is 0 Å². The van der Waals surface area contributed by atoms with Crippen LogP contribution in [0.15, 0.2) is 24.3 Å². The first kappa shape index (κ1) is 12.4. The van der Waals surface area contributed by atoms with E-state index in [1.807, 2.05) is 12.1 Å². The van der Waals surface area contributed by atoms with Gasteiger partial charge in [-0.2, -0.15) is 0 Å². The Morgan fingerprint density at radius 3 is 2.94 bits per heavy atom. The summed E-state index contributed by atoms with van der Waals surface area (Å²) in [6, 6.07) is 7.24. The molecule has 0 atom stereocenters. The molecule has 0 aliphatic carbocycles. The fraction of sp³-hybridized carbons (Fsp3) is 0.333. The summed E-state index contributed by atoms with van der Waals surface area (Å²) in [4.78, 5) is 24.4. The Hall–Kier alpha value is -2.08. The van der Waals surface area contributed by atoms with Crippen LogP contribution in [0.2, 0.25) is 0 Å². The number of benzene rings is 1. The molecule has 1 aromatic rings. The molecule has 0 radical (unpaired) electrons. The van der Waals surface area contributed by atoms with Gasteiger partial charge in [-0.1, -0.05) is 24.0 Å². The number of carbonyl (C=O) groups is 2. The SMILES string of the molecule is CC(=O)c1cccc(C#CCN2CCCC2=O)c1. The maximum absolute atomic E-state index is 11.4. The predicted octanol–water partition coefficient (Wildman–Crippen LogP) is 1.86. The molecule has 1 amide bonds. The van der Waals surface area contributed by atoms with E-state index in [9.17, 15) is 9.59 Å². The maximum Gasteiger partial charge on any atom is 0.223 e. The predicted molar refractivity (Wildman–Crippen MR) is 69.1 cm³/mol. The summed E-state index contributed by atoms with van der Waals surface area (Å²) in [5.41, 5.74) is 1.48. The Bertz CT molecular complexity index is 537. The molecule has 0 saturated carbocycles. The Labute approximate surface area is 107 Å². The van der Waals surface area contributed by atoms with Crippen molar-refractivity contribution in [2.75, 3.05) is 13.1 Å². The number of nitrogens with zero attached hydrogens (tertiary/aromatic N) is 1. The number of rotatable bonds is 2. The van der Waals surface area contributed by atoms with Gasteiger partial charge in [0.2, 0.25) is 5.91 Å². The minimum atomic E-state index is 0.0355. The molecule has 0 aromatic heterocycles. The van der Waals surface area contributed by atoms with Gasteiger partial charge in [0.15, 0.2) is 5.78 Å². The Morgan fingerprint density at radius 1 is 1.44 bits per heavy atom. The summed E-state index contributed by atoms with van der Waals surface area (Å²) in [5.74, 6) is 6.19. The number of amides is 1. The second kappa shape index (κ2) is 5.50. The van der Waals surface area contributed by atoms with Crippen molar-refractivity contribution >= 4 is 11.7 Å². The molecule has 92 valence electrons. The average molecular weight is 241 g/mol. The first-order chi connectivity index (χ1) is 8.66. The number of ketones is 1. The molecule has 1 saturated heterocycles. The number of hydrogen-bond acceptors (Lipinski definition) is 2. The molecule has 1 aliphatic heterocycles. The van der Waals surface area contributed by atoms with Gasteiger partial charge in [0, 0.05) is 24.1 Å². The normalized spacial score (nSPS) is 14.3. The minimum absolute atomic E-state index is 0.0355. The summed E-state index contributed by atoms with van der Waals surface area (Å²) in [6.07, 6.45) is 1.57. The van der Waals surface area contributed by atoms with Crippen LogP contribution in [0.4, 0.5) is 0 Å². The molecule has 0 bridgehead atoms. The zero-order valence-corrected chi connectivity index (χ0v) is 10.4.